The molecule has 250 valence electrons. The van der Waals surface area contributed by atoms with Crippen LogP contribution in [0.5, 0.6) is 11.8 Å². The molecule has 8 nitrogen and oxygen atoms in total. The number of carbonyl (C=O) groups excluding carboxylic acids is 1. The number of benzene rings is 3. The Morgan fingerprint density at radius 3 is 2.10 bits per heavy atom. The quantitative estimate of drug-likeness (QED) is 0.187. The van der Waals surface area contributed by atoms with Gasteiger partial charge in [-0.3, -0.25) is 4.90 Å². The molecule has 3 aromatic carbocycles. The third kappa shape index (κ3) is 7.44. The molecule has 1 amide bonds. The van der Waals surface area contributed by atoms with Crippen LogP contribution in [-0.4, -0.2) is 71.8 Å². The van der Waals surface area contributed by atoms with Gasteiger partial charge in [0.05, 0.1) is 0 Å². The van der Waals surface area contributed by atoms with Gasteiger partial charge < -0.3 is 24.0 Å². The number of ether oxygens (including phenoxy) is 3. The fourth-order valence-electron chi connectivity index (χ4n) is 7.07. The molecule has 3 aliphatic heterocycles. The van der Waals surface area contributed by atoms with Gasteiger partial charge in [0.15, 0.2) is 0 Å². The molecule has 1 aromatic heterocycles. The van der Waals surface area contributed by atoms with E-state index in [2.05, 4.69) is 46.2 Å². The van der Waals surface area contributed by atoms with E-state index in [-0.39, 0.29) is 11.5 Å². The average Bonchev–Trinajstić information content (AvgIpc) is 3.69. The fourth-order valence-corrected chi connectivity index (χ4v) is 7.07. The van der Waals surface area contributed by atoms with Crippen LogP contribution >= 0.6 is 0 Å². The van der Waals surface area contributed by atoms with E-state index in [1.54, 1.807) is 0 Å². The Bertz CT molecular complexity index is 1690. The molecule has 1 unspecified atom stereocenters. The summed E-state index contributed by atoms with van der Waals surface area (Å²) in [6.07, 6.45) is 2.04. The molecule has 0 aliphatic carbocycles. The number of pyridine rings is 1. The second-order valence-electron chi connectivity index (χ2n) is 14.5. The zero-order chi connectivity index (χ0) is 33.1. The standard InChI is InChI=1S/C40H46N4O4/c1-39(2,3)48-38(45)43-23-21-40(29-43)20-22-42(28-40)34-24-44(25-34)33-16-14-32(15-17-33)35-18-19-36(46-26-30-10-6-4-7-11-30)41-37(35)47-27-31-12-8-5-9-13-31/h4-19,34H,20-29H2,1-3H3. The minimum absolute atomic E-state index is 0.172. The molecule has 1 atom stereocenters. The highest BCUT2D eigenvalue weighted by Crippen LogP contribution is 2.42. The van der Waals surface area contributed by atoms with Gasteiger partial charge in [0, 0.05) is 61.5 Å². The molecular formula is C40H46N4O4. The van der Waals surface area contributed by atoms with Crippen molar-refractivity contribution in [3.63, 3.8) is 0 Å². The molecule has 7 rings (SSSR count). The molecule has 8 heteroatoms. The third-order valence-electron chi connectivity index (χ3n) is 9.76. The molecule has 0 bridgehead atoms. The van der Waals surface area contributed by atoms with E-state index in [4.69, 9.17) is 19.2 Å². The summed E-state index contributed by atoms with van der Waals surface area (Å²) < 4.78 is 18.0. The van der Waals surface area contributed by atoms with Crippen molar-refractivity contribution in [1.29, 1.82) is 0 Å². The van der Waals surface area contributed by atoms with E-state index >= 15 is 0 Å². The van der Waals surface area contributed by atoms with Crippen molar-refractivity contribution in [2.45, 2.75) is 58.5 Å². The van der Waals surface area contributed by atoms with Crippen molar-refractivity contribution >= 4 is 11.8 Å². The van der Waals surface area contributed by atoms with Crippen LogP contribution in [0.4, 0.5) is 10.5 Å². The zero-order valence-corrected chi connectivity index (χ0v) is 28.3. The summed E-state index contributed by atoms with van der Waals surface area (Å²) in [5.41, 5.74) is 5.13. The second-order valence-corrected chi connectivity index (χ2v) is 14.5. The predicted octanol–water partition coefficient (Wildman–Crippen LogP) is 7.43. The van der Waals surface area contributed by atoms with E-state index < -0.39 is 5.60 Å². The molecule has 0 saturated carbocycles. The van der Waals surface area contributed by atoms with Gasteiger partial charge in [0.1, 0.15) is 18.8 Å². The lowest BCUT2D eigenvalue weighted by Crippen LogP contribution is -2.59. The lowest BCUT2D eigenvalue weighted by atomic mass is 9.86. The van der Waals surface area contributed by atoms with E-state index in [9.17, 15) is 4.79 Å². The van der Waals surface area contributed by atoms with Crippen LogP contribution < -0.4 is 14.4 Å². The van der Waals surface area contributed by atoms with Crippen LogP contribution in [0.15, 0.2) is 97.1 Å². The maximum absolute atomic E-state index is 12.7. The number of likely N-dealkylation sites (tertiary alicyclic amines) is 2. The van der Waals surface area contributed by atoms with Gasteiger partial charge in [-0.1, -0.05) is 72.8 Å². The van der Waals surface area contributed by atoms with Crippen LogP contribution in [-0.2, 0) is 18.0 Å². The van der Waals surface area contributed by atoms with Crippen LogP contribution in [0.1, 0.15) is 44.7 Å². The van der Waals surface area contributed by atoms with E-state index in [0.717, 1.165) is 74.4 Å². The summed E-state index contributed by atoms with van der Waals surface area (Å²) in [4.78, 5) is 24.5. The number of anilines is 1. The summed E-state index contributed by atoms with van der Waals surface area (Å²) in [5, 5.41) is 0. The van der Waals surface area contributed by atoms with Crippen molar-refractivity contribution in [2.75, 3.05) is 44.2 Å². The third-order valence-corrected chi connectivity index (χ3v) is 9.76. The van der Waals surface area contributed by atoms with E-state index in [1.165, 1.54) is 5.69 Å². The molecule has 3 aliphatic rings. The minimum Gasteiger partial charge on any atom is -0.473 e. The highest BCUT2D eigenvalue weighted by Gasteiger charge is 2.48. The zero-order valence-electron chi connectivity index (χ0n) is 28.3. The van der Waals surface area contributed by atoms with Gasteiger partial charge in [0.2, 0.25) is 11.8 Å². The van der Waals surface area contributed by atoms with Gasteiger partial charge in [-0.2, -0.15) is 4.98 Å². The Balaban J connectivity index is 0.971. The molecule has 4 heterocycles. The minimum atomic E-state index is -0.459. The summed E-state index contributed by atoms with van der Waals surface area (Å²) in [5.74, 6) is 1.09. The van der Waals surface area contributed by atoms with Crippen LogP contribution in [0.25, 0.3) is 11.1 Å². The number of carbonyl (C=O) groups is 1. The average molecular weight is 647 g/mol. The first-order chi connectivity index (χ1) is 23.2. The normalized spacial score (nSPS) is 19.8. The number of nitrogens with zero attached hydrogens (tertiary/aromatic N) is 4. The summed E-state index contributed by atoms with van der Waals surface area (Å²) in [6, 6.07) is 33.5. The maximum atomic E-state index is 12.7. The van der Waals surface area contributed by atoms with Gasteiger partial charge in [-0.15, -0.1) is 0 Å². The first-order valence-electron chi connectivity index (χ1n) is 17.1. The Morgan fingerprint density at radius 1 is 0.792 bits per heavy atom. The SMILES string of the molecule is CC(C)(C)OC(=O)N1CCC2(CCN(C3CN(c4ccc(-c5ccc(OCc6ccccc6)nc5OCc5ccccc5)cc4)C3)C2)C1. The fraction of sp³-hybridized carbons (Fsp3) is 0.400. The summed E-state index contributed by atoms with van der Waals surface area (Å²) in [6.45, 7) is 12.5. The van der Waals surface area contributed by atoms with Crippen molar-refractivity contribution < 1.29 is 19.0 Å². The topological polar surface area (TPSA) is 67.4 Å². The van der Waals surface area contributed by atoms with Crippen LogP contribution in [0, 0.1) is 5.41 Å². The molecule has 0 N–H and O–H groups in total. The molecule has 48 heavy (non-hydrogen) atoms. The molecular weight excluding hydrogens is 600 g/mol. The highest BCUT2D eigenvalue weighted by atomic mass is 16.6. The Kier molecular flexibility index (Phi) is 9.01. The van der Waals surface area contributed by atoms with E-state index in [1.807, 2.05) is 86.3 Å². The van der Waals surface area contributed by atoms with Crippen molar-refractivity contribution in [3.05, 3.63) is 108 Å². The Morgan fingerprint density at radius 2 is 1.44 bits per heavy atom. The first-order valence-corrected chi connectivity index (χ1v) is 17.1. The lowest BCUT2D eigenvalue weighted by Gasteiger charge is -2.46. The van der Waals surface area contributed by atoms with Crippen LogP contribution in [0.2, 0.25) is 0 Å². The Hall–Kier alpha value is -4.56. The monoisotopic (exact) mass is 646 g/mol. The number of amides is 1. The lowest BCUT2D eigenvalue weighted by molar-refractivity contribution is 0.0272. The summed E-state index contributed by atoms with van der Waals surface area (Å²) >= 11 is 0. The molecule has 0 radical (unpaired) electrons. The van der Waals surface area contributed by atoms with Crippen LogP contribution in [0.3, 0.4) is 0 Å². The molecule has 3 fully saturated rings. The van der Waals surface area contributed by atoms with Crippen molar-refractivity contribution in [3.8, 4) is 22.9 Å². The predicted molar refractivity (Wildman–Crippen MR) is 188 cm³/mol. The smallest absolute Gasteiger partial charge is 0.410 e. The molecule has 4 aromatic rings. The molecule has 3 saturated heterocycles. The Labute approximate surface area is 284 Å². The second kappa shape index (κ2) is 13.5. The van der Waals surface area contributed by atoms with Crippen molar-refractivity contribution in [2.24, 2.45) is 5.41 Å². The molecule has 1 spiro atoms. The number of hydrogen-bond acceptors (Lipinski definition) is 7. The maximum Gasteiger partial charge on any atom is 0.410 e. The van der Waals surface area contributed by atoms with Crippen molar-refractivity contribution in [1.82, 2.24) is 14.8 Å². The number of hydrogen-bond donors (Lipinski definition) is 0. The largest absolute Gasteiger partial charge is 0.473 e. The van der Waals surface area contributed by atoms with Gasteiger partial charge in [-0.05, 0) is 75.0 Å². The van der Waals surface area contributed by atoms with Gasteiger partial charge in [0.25, 0.3) is 0 Å². The highest BCUT2D eigenvalue weighted by molar-refractivity contribution is 5.71. The van der Waals surface area contributed by atoms with Gasteiger partial charge in [-0.25, -0.2) is 4.79 Å². The number of rotatable bonds is 9. The number of aromatic nitrogens is 1. The first kappa shape index (κ1) is 32.0. The van der Waals surface area contributed by atoms with E-state index in [0.29, 0.717) is 31.0 Å². The van der Waals surface area contributed by atoms with Gasteiger partial charge >= 0.3 is 6.09 Å². The summed E-state index contributed by atoms with van der Waals surface area (Å²) in [7, 11) is 0.